The van der Waals surface area contributed by atoms with Crippen molar-refractivity contribution in [1.82, 2.24) is 25.1 Å². The zero-order chi connectivity index (χ0) is 21.3. The van der Waals surface area contributed by atoms with Gasteiger partial charge in [0.1, 0.15) is 6.07 Å². The lowest BCUT2D eigenvalue weighted by Gasteiger charge is -2.16. The second-order valence-electron chi connectivity index (χ2n) is 7.92. The number of fused-ring (bicyclic) bond motifs is 1. The molecule has 0 bridgehead atoms. The van der Waals surface area contributed by atoms with Crippen molar-refractivity contribution in [1.29, 1.82) is 5.26 Å². The first-order valence-electron chi connectivity index (χ1n) is 9.90. The van der Waals surface area contributed by atoms with Crippen LogP contribution in [0.4, 0.5) is 5.69 Å². The Morgan fingerprint density at radius 1 is 1.30 bits per heavy atom. The minimum Gasteiger partial charge on any atom is -0.390 e. The number of aromatic nitrogens is 4. The zero-order valence-electron chi connectivity index (χ0n) is 16.9. The molecule has 0 aliphatic heterocycles. The van der Waals surface area contributed by atoms with Crippen molar-refractivity contribution in [3.05, 3.63) is 41.9 Å². The van der Waals surface area contributed by atoms with Gasteiger partial charge >= 0.3 is 0 Å². The number of carbonyl (C=O) groups excluding carboxylic acids is 1. The summed E-state index contributed by atoms with van der Waals surface area (Å²) in [6, 6.07) is 5.64. The maximum atomic E-state index is 12.7. The number of nitrogens with zero attached hydrogens (tertiary/aromatic N) is 5. The standard InChI is InChI=1S/C21H23N7O2/c1-13(2)27-17-8-18(28-19-15(11-26-28)7-14(9-22)10-25-19)24-12-16(17)20(29)23-6-5-21(30)3-4-21/h7-8,10-13,30H,3-6H2,1-2H3,(H,23,29)(H,24,27). The van der Waals surface area contributed by atoms with E-state index in [0.717, 1.165) is 18.2 Å². The van der Waals surface area contributed by atoms with Crippen LogP contribution < -0.4 is 10.6 Å². The Morgan fingerprint density at radius 2 is 2.10 bits per heavy atom. The van der Waals surface area contributed by atoms with E-state index in [9.17, 15) is 9.90 Å². The Hall–Kier alpha value is -3.51. The molecule has 3 N–H and O–H groups in total. The molecule has 3 heterocycles. The third-order valence-electron chi connectivity index (χ3n) is 5.04. The van der Waals surface area contributed by atoms with E-state index in [1.54, 1.807) is 23.0 Å². The number of rotatable bonds is 7. The van der Waals surface area contributed by atoms with E-state index in [1.165, 1.54) is 12.4 Å². The van der Waals surface area contributed by atoms with Crippen molar-refractivity contribution in [2.24, 2.45) is 0 Å². The van der Waals surface area contributed by atoms with Crippen LogP contribution in [-0.2, 0) is 0 Å². The van der Waals surface area contributed by atoms with Crippen LogP contribution in [0.1, 0.15) is 49.0 Å². The molecule has 30 heavy (non-hydrogen) atoms. The predicted molar refractivity (Wildman–Crippen MR) is 111 cm³/mol. The summed E-state index contributed by atoms with van der Waals surface area (Å²) in [5.41, 5.74) is 1.49. The number of hydrogen-bond donors (Lipinski definition) is 3. The molecule has 0 aromatic carbocycles. The number of nitriles is 1. The number of aliphatic hydroxyl groups is 1. The summed E-state index contributed by atoms with van der Waals surface area (Å²) < 4.78 is 1.58. The topological polar surface area (TPSA) is 129 Å². The Morgan fingerprint density at radius 3 is 2.80 bits per heavy atom. The molecule has 0 spiro atoms. The quantitative estimate of drug-likeness (QED) is 0.549. The molecule has 3 aromatic heterocycles. The largest absolute Gasteiger partial charge is 0.390 e. The van der Waals surface area contributed by atoms with Gasteiger partial charge < -0.3 is 15.7 Å². The second kappa shape index (κ2) is 7.72. The van der Waals surface area contributed by atoms with E-state index in [-0.39, 0.29) is 11.9 Å². The van der Waals surface area contributed by atoms with Gasteiger partial charge in [-0.1, -0.05) is 0 Å². The number of nitrogens with one attached hydrogen (secondary N) is 2. The number of amides is 1. The fourth-order valence-corrected chi connectivity index (χ4v) is 3.22. The highest BCUT2D eigenvalue weighted by atomic mass is 16.3. The minimum absolute atomic E-state index is 0.102. The summed E-state index contributed by atoms with van der Waals surface area (Å²) in [5, 5.41) is 30.2. The number of pyridine rings is 2. The first-order valence-corrected chi connectivity index (χ1v) is 9.90. The summed E-state index contributed by atoms with van der Waals surface area (Å²) in [7, 11) is 0. The van der Waals surface area contributed by atoms with Gasteiger partial charge in [-0.05, 0) is 39.2 Å². The van der Waals surface area contributed by atoms with Gasteiger partial charge in [0.25, 0.3) is 5.91 Å². The molecule has 9 nitrogen and oxygen atoms in total. The van der Waals surface area contributed by atoms with Gasteiger partial charge in [-0.15, -0.1) is 0 Å². The molecule has 1 aliphatic carbocycles. The van der Waals surface area contributed by atoms with Crippen LogP contribution in [0.3, 0.4) is 0 Å². The Bertz CT molecular complexity index is 1140. The molecule has 154 valence electrons. The molecule has 0 unspecified atom stereocenters. The highest BCUT2D eigenvalue weighted by Crippen LogP contribution is 2.37. The number of hydrogen-bond acceptors (Lipinski definition) is 7. The smallest absolute Gasteiger partial charge is 0.254 e. The van der Waals surface area contributed by atoms with Gasteiger partial charge in [-0.3, -0.25) is 4.79 Å². The first kappa shape index (κ1) is 19.8. The average molecular weight is 405 g/mol. The van der Waals surface area contributed by atoms with E-state index < -0.39 is 5.60 Å². The third kappa shape index (κ3) is 4.09. The van der Waals surface area contributed by atoms with E-state index in [4.69, 9.17) is 5.26 Å². The molecule has 3 aromatic rings. The Balaban J connectivity index is 1.62. The van der Waals surface area contributed by atoms with Crippen molar-refractivity contribution in [3.63, 3.8) is 0 Å². The predicted octanol–water partition coefficient (Wildman–Crippen LogP) is 2.15. The van der Waals surface area contributed by atoms with E-state index in [1.807, 2.05) is 13.8 Å². The van der Waals surface area contributed by atoms with Crippen molar-refractivity contribution in [3.8, 4) is 11.9 Å². The van der Waals surface area contributed by atoms with Crippen LogP contribution >= 0.6 is 0 Å². The average Bonchev–Trinajstić information content (AvgIpc) is 3.30. The lowest BCUT2D eigenvalue weighted by Crippen LogP contribution is -2.29. The van der Waals surface area contributed by atoms with Crippen molar-refractivity contribution < 1.29 is 9.90 Å². The van der Waals surface area contributed by atoms with Crippen LogP contribution in [0.5, 0.6) is 0 Å². The summed E-state index contributed by atoms with van der Waals surface area (Å²) in [5.74, 6) is 0.262. The van der Waals surface area contributed by atoms with Gasteiger partial charge in [0.05, 0.1) is 28.6 Å². The van der Waals surface area contributed by atoms with Crippen molar-refractivity contribution in [2.45, 2.75) is 44.8 Å². The molecule has 4 rings (SSSR count). The summed E-state index contributed by atoms with van der Waals surface area (Å²) in [6.07, 6.45) is 6.76. The zero-order valence-corrected chi connectivity index (χ0v) is 16.9. The van der Waals surface area contributed by atoms with Gasteiger partial charge in [-0.2, -0.15) is 15.0 Å². The molecule has 1 aliphatic rings. The molecular weight excluding hydrogens is 382 g/mol. The summed E-state index contributed by atoms with van der Waals surface area (Å²) in [4.78, 5) is 21.4. The normalized spacial score (nSPS) is 14.5. The fraction of sp³-hybridized carbons (Fsp3) is 0.381. The monoisotopic (exact) mass is 405 g/mol. The maximum absolute atomic E-state index is 12.7. The molecule has 1 saturated carbocycles. The number of carbonyl (C=O) groups is 1. The molecule has 9 heteroatoms. The maximum Gasteiger partial charge on any atom is 0.254 e. The van der Waals surface area contributed by atoms with Crippen LogP contribution in [0.15, 0.2) is 30.7 Å². The van der Waals surface area contributed by atoms with Crippen molar-refractivity contribution in [2.75, 3.05) is 11.9 Å². The molecule has 1 fully saturated rings. The molecule has 0 atom stereocenters. The van der Waals surface area contributed by atoms with Crippen LogP contribution in [0, 0.1) is 11.3 Å². The minimum atomic E-state index is -0.603. The van der Waals surface area contributed by atoms with Crippen molar-refractivity contribution >= 4 is 22.6 Å². The van der Waals surface area contributed by atoms with Gasteiger partial charge in [0, 0.05) is 36.4 Å². The lowest BCUT2D eigenvalue weighted by atomic mass is 10.1. The molecule has 0 radical (unpaired) electrons. The second-order valence-corrected chi connectivity index (χ2v) is 7.92. The fourth-order valence-electron chi connectivity index (χ4n) is 3.22. The summed E-state index contributed by atoms with van der Waals surface area (Å²) >= 11 is 0. The summed E-state index contributed by atoms with van der Waals surface area (Å²) in [6.45, 7) is 4.38. The highest BCUT2D eigenvalue weighted by molar-refractivity contribution is 5.99. The lowest BCUT2D eigenvalue weighted by molar-refractivity contribution is 0.0936. The van der Waals surface area contributed by atoms with Gasteiger partial charge in [-0.25, -0.2) is 9.97 Å². The van der Waals surface area contributed by atoms with Crippen LogP contribution in [-0.4, -0.2) is 48.9 Å². The van der Waals surface area contributed by atoms with E-state index in [2.05, 4.69) is 31.8 Å². The number of anilines is 1. The van der Waals surface area contributed by atoms with Crippen LogP contribution in [0.2, 0.25) is 0 Å². The molecular formula is C21H23N7O2. The van der Waals surface area contributed by atoms with Crippen LogP contribution in [0.25, 0.3) is 16.9 Å². The van der Waals surface area contributed by atoms with Gasteiger partial charge in [0.2, 0.25) is 0 Å². The highest BCUT2D eigenvalue weighted by Gasteiger charge is 2.39. The van der Waals surface area contributed by atoms with E-state index >= 15 is 0 Å². The molecule has 1 amide bonds. The first-order chi connectivity index (χ1) is 14.4. The Labute approximate surface area is 173 Å². The third-order valence-corrected chi connectivity index (χ3v) is 5.04. The van der Waals surface area contributed by atoms with E-state index in [0.29, 0.717) is 41.2 Å². The molecule has 0 saturated heterocycles. The SMILES string of the molecule is CC(C)Nc1cc(-n2ncc3cc(C#N)cnc32)ncc1C(=O)NCCC1(O)CC1. The van der Waals surface area contributed by atoms with Gasteiger partial charge in [0.15, 0.2) is 11.5 Å². The Kier molecular flexibility index (Phi) is 5.10.